The summed E-state index contributed by atoms with van der Waals surface area (Å²) in [5.41, 5.74) is 1.68. The Hall–Kier alpha value is -2.90. The SMILES string of the molecule is C[C@H]1Cc2cc(C(=O)Nc3ccccc3F)ccc2N1S(=O)(=O)c1ccc(Cl)cc1. The molecule has 1 N–H and O–H groups in total. The molecule has 3 aromatic carbocycles. The van der Waals surface area contributed by atoms with Gasteiger partial charge in [-0.3, -0.25) is 9.10 Å². The van der Waals surface area contributed by atoms with Crippen molar-refractivity contribution >= 4 is 38.9 Å². The Morgan fingerprint density at radius 2 is 1.80 bits per heavy atom. The lowest BCUT2D eigenvalue weighted by Gasteiger charge is -2.24. The smallest absolute Gasteiger partial charge is 0.264 e. The van der Waals surface area contributed by atoms with E-state index >= 15 is 0 Å². The average Bonchev–Trinajstić information content (AvgIpc) is 3.05. The first-order valence-electron chi connectivity index (χ1n) is 9.26. The number of carbonyl (C=O) groups is 1. The summed E-state index contributed by atoms with van der Waals surface area (Å²) in [6.45, 7) is 1.81. The molecule has 5 nitrogen and oxygen atoms in total. The van der Waals surface area contributed by atoms with E-state index in [1.807, 2.05) is 6.92 Å². The molecule has 0 radical (unpaired) electrons. The summed E-state index contributed by atoms with van der Waals surface area (Å²) in [5, 5.41) is 3.00. The van der Waals surface area contributed by atoms with Crippen molar-refractivity contribution in [1.82, 2.24) is 0 Å². The van der Waals surface area contributed by atoms with Crippen molar-refractivity contribution in [3.05, 3.63) is 88.7 Å². The van der Waals surface area contributed by atoms with E-state index in [9.17, 15) is 17.6 Å². The Labute approximate surface area is 179 Å². The number of sulfonamides is 1. The van der Waals surface area contributed by atoms with Crippen molar-refractivity contribution in [2.24, 2.45) is 0 Å². The summed E-state index contributed by atoms with van der Waals surface area (Å²) in [6, 6.07) is 16.4. The van der Waals surface area contributed by atoms with Crippen LogP contribution in [-0.4, -0.2) is 20.4 Å². The van der Waals surface area contributed by atoms with Gasteiger partial charge in [0.25, 0.3) is 15.9 Å². The van der Waals surface area contributed by atoms with Crippen LogP contribution in [0.15, 0.2) is 71.6 Å². The minimum absolute atomic E-state index is 0.0864. The number of nitrogens with one attached hydrogen (secondary N) is 1. The average molecular weight is 445 g/mol. The van der Waals surface area contributed by atoms with Crippen LogP contribution in [0.3, 0.4) is 0 Å². The van der Waals surface area contributed by atoms with Gasteiger partial charge in [0.05, 0.1) is 16.3 Å². The van der Waals surface area contributed by atoms with Gasteiger partial charge in [0.1, 0.15) is 5.82 Å². The third-order valence-electron chi connectivity index (χ3n) is 4.99. The van der Waals surface area contributed by atoms with Gasteiger partial charge in [0, 0.05) is 16.6 Å². The van der Waals surface area contributed by atoms with Crippen LogP contribution in [0, 0.1) is 5.82 Å². The van der Waals surface area contributed by atoms with Gasteiger partial charge >= 0.3 is 0 Å². The number of hydrogen-bond donors (Lipinski definition) is 1. The zero-order chi connectivity index (χ0) is 21.5. The Morgan fingerprint density at radius 1 is 1.10 bits per heavy atom. The number of nitrogens with zero attached hydrogens (tertiary/aromatic N) is 1. The van der Waals surface area contributed by atoms with E-state index in [0.717, 1.165) is 5.56 Å². The van der Waals surface area contributed by atoms with Crippen molar-refractivity contribution < 1.29 is 17.6 Å². The van der Waals surface area contributed by atoms with Gasteiger partial charge in [-0.25, -0.2) is 12.8 Å². The van der Waals surface area contributed by atoms with Crippen LogP contribution in [0.4, 0.5) is 15.8 Å². The number of benzene rings is 3. The third-order valence-corrected chi connectivity index (χ3v) is 7.18. The van der Waals surface area contributed by atoms with E-state index in [0.29, 0.717) is 22.7 Å². The maximum atomic E-state index is 13.8. The summed E-state index contributed by atoms with van der Waals surface area (Å²) in [5.74, 6) is -0.990. The minimum Gasteiger partial charge on any atom is -0.319 e. The quantitative estimate of drug-likeness (QED) is 0.624. The molecule has 30 heavy (non-hydrogen) atoms. The topological polar surface area (TPSA) is 66.5 Å². The van der Waals surface area contributed by atoms with Gasteiger partial charge in [-0.2, -0.15) is 0 Å². The number of anilines is 2. The highest BCUT2D eigenvalue weighted by atomic mass is 35.5. The molecule has 1 atom stereocenters. The molecule has 0 saturated carbocycles. The monoisotopic (exact) mass is 444 g/mol. The molecule has 0 aromatic heterocycles. The number of fused-ring (bicyclic) bond motifs is 1. The molecule has 8 heteroatoms. The second-order valence-electron chi connectivity index (χ2n) is 7.09. The number of para-hydroxylation sites is 1. The zero-order valence-corrected chi connectivity index (χ0v) is 17.5. The molecule has 0 bridgehead atoms. The molecular weight excluding hydrogens is 427 g/mol. The molecule has 1 aliphatic heterocycles. The van der Waals surface area contributed by atoms with Crippen molar-refractivity contribution in [3.63, 3.8) is 0 Å². The minimum atomic E-state index is -3.78. The largest absolute Gasteiger partial charge is 0.319 e. The number of hydrogen-bond acceptors (Lipinski definition) is 3. The highest BCUT2D eigenvalue weighted by molar-refractivity contribution is 7.92. The molecule has 3 aromatic rings. The highest BCUT2D eigenvalue weighted by Crippen LogP contribution is 2.37. The lowest BCUT2D eigenvalue weighted by atomic mass is 10.1. The fourth-order valence-electron chi connectivity index (χ4n) is 3.59. The third kappa shape index (κ3) is 3.66. The predicted molar refractivity (Wildman–Crippen MR) is 115 cm³/mol. The molecule has 4 rings (SSSR count). The van der Waals surface area contributed by atoms with Gasteiger partial charge < -0.3 is 5.32 Å². The van der Waals surface area contributed by atoms with Crippen LogP contribution in [0.5, 0.6) is 0 Å². The number of carbonyl (C=O) groups excluding carboxylic acids is 1. The van der Waals surface area contributed by atoms with E-state index in [1.54, 1.807) is 18.2 Å². The van der Waals surface area contributed by atoms with Crippen LogP contribution in [-0.2, 0) is 16.4 Å². The second-order valence-corrected chi connectivity index (χ2v) is 9.34. The van der Waals surface area contributed by atoms with E-state index in [4.69, 9.17) is 11.6 Å². The predicted octanol–water partition coefficient (Wildman–Crippen LogP) is 4.87. The van der Waals surface area contributed by atoms with Gasteiger partial charge in [0.15, 0.2) is 0 Å². The normalized spacial score (nSPS) is 15.7. The molecule has 0 aliphatic carbocycles. The molecule has 0 fully saturated rings. The van der Waals surface area contributed by atoms with Crippen LogP contribution in [0.2, 0.25) is 5.02 Å². The first kappa shape index (κ1) is 20.4. The standard InChI is InChI=1S/C22H18ClFN2O3S/c1-14-12-16-13-15(22(27)25-20-5-3-2-4-19(20)24)6-11-21(16)26(14)30(28,29)18-9-7-17(23)8-10-18/h2-11,13-14H,12H2,1H3,(H,25,27)/t14-/m0/s1. The molecule has 0 spiro atoms. The molecule has 1 heterocycles. The highest BCUT2D eigenvalue weighted by Gasteiger charge is 2.36. The first-order chi connectivity index (χ1) is 14.3. The van der Waals surface area contributed by atoms with Crippen LogP contribution >= 0.6 is 11.6 Å². The Kier molecular flexibility index (Phi) is 5.26. The summed E-state index contributed by atoms with van der Waals surface area (Å²) >= 11 is 5.88. The van der Waals surface area contributed by atoms with Gasteiger partial charge in [-0.05, 0) is 73.5 Å². The number of amides is 1. The van der Waals surface area contributed by atoms with Gasteiger partial charge in [-0.1, -0.05) is 23.7 Å². The summed E-state index contributed by atoms with van der Waals surface area (Å²) < 4.78 is 41.5. The van der Waals surface area contributed by atoms with Crippen molar-refractivity contribution in [1.29, 1.82) is 0 Å². The van der Waals surface area contributed by atoms with Crippen molar-refractivity contribution in [3.8, 4) is 0 Å². The fraction of sp³-hybridized carbons (Fsp3) is 0.136. The zero-order valence-electron chi connectivity index (χ0n) is 16.0. The van der Waals surface area contributed by atoms with Crippen molar-refractivity contribution in [2.45, 2.75) is 24.3 Å². The summed E-state index contributed by atoms with van der Waals surface area (Å²) in [6.07, 6.45) is 0.461. The van der Waals surface area contributed by atoms with Gasteiger partial charge in [0.2, 0.25) is 0 Å². The Bertz CT molecular complexity index is 1230. The maximum Gasteiger partial charge on any atom is 0.264 e. The maximum absolute atomic E-state index is 13.8. The van der Waals surface area contributed by atoms with E-state index in [-0.39, 0.29) is 16.6 Å². The molecule has 1 amide bonds. The lowest BCUT2D eigenvalue weighted by Crippen LogP contribution is -2.35. The molecular formula is C22H18ClFN2O3S. The molecule has 0 saturated heterocycles. The Balaban J connectivity index is 1.64. The van der Waals surface area contributed by atoms with Crippen LogP contribution in [0.1, 0.15) is 22.8 Å². The van der Waals surface area contributed by atoms with Gasteiger partial charge in [-0.15, -0.1) is 0 Å². The molecule has 154 valence electrons. The van der Waals surface area contributed by atoms with E-state index in [1.165, 1.54) is 52.8 Å². The summed E-state index contributed by atoms with van der Waals surface area (Å²) in [4.78, 5) is 12.7. The first-order valence-corrected chi connectivity index (χ1v) is 11.1. The second kappa shape index (κ2) is 7.74. The van der Waals surface area contributed by atoms with Crippen LogP contribution < -0.4 is 9.62 Å². The number of rotatable bonds is 4. The van der Waals surface area contributed by atoms with Crippen molar-refractivity contribution in [2.75, 3.05) is 9.62 Å². The van der Waals surface area contributed by atoms with Crippen LogP contribution in [0.25, 0.3) is 0 Å². The number of halogens is 2. The Morgan fingerprint density at radius 3 is 2.50 bits per heavy atom. The lowest BCUT2D eigenvalue weighted by molar-refractivity contribution is 0.102. The summed E-state index contributed by atoms with van der Waals surface area (Å²) in [7, 11) is -3.78. The van der Waals surface area contributed by atoms with E-state index < -0.39 is 21.7 Å². The fourth-order valence-corrected chi connectivity index (χ4v) is 5.41. The molecule has 1 aliphatic rings. The molecule has 0 unspecified atom stereocenters. The van der Waals surface area contributed by atoms with E-state index in [2.05, 4.69) is 5.32 Å².